The van der Waals surface area contributed by atoms with Gasteiger partial charge in [0.15, 0.2) is 0 Å². The van der Waals surface area contributed by atoms with Crippen LogP contribution in [0.5, 0.6) is 0 Å². The summed E-state index contributed by atoms with van der Waals surface area (Å²) >= 11 is 0. The second-order valence-corrected chi connectivity index (χ2v) is 5.56. The van der Waals surface area contributed by atoms with Gasteiger partial charge in [-0.3, -0.25) is 4.79 Å². The van der Waals surface area contributed by atoms with Crippen LogP contribution in [0.15, 0.2) is 30.3 Å². The molecule has 0 spiro atoms. The van der Waals surface area contributed by atoms with Crippen LogP contribution in [0, 0.1) is 0 Å². The third kappa shape index (κ3) is 4.46. The van der Waals surface area contributed by atoms with Crippen LogP contribution in [0.1, 0.15) is 25.3 Å². The Bertz CT molecular complexity index is 505. The van der Waals surface area contributed by atoms with Crippen LogP contribution < -0.4 is 11.1 Å². The highest BCUT2D eigenvalue weighted by atomic mass is 16.5. The number of benzene rings is 1. The van der Waals surface area contributed by atoms with Gasteiger partial charge in [0.25, 0.3) is 0 Å². The Hall–Kier alpha value is -2.08. The smallest absolute Gasteiger partial charge is 0.407 e. The molecule has 0 bridgehead atoms. The lowest BCUT2D eigenvalue weighted by Gasteiger charge is -2.26. The van der Waals surface area contributed by atoms with Crippen molar-refractivity contribution in [2.45, 2.75) is 38.5 Å². The number of nitrogens with zero attached hydrogens (tertiary/aromatic N) is 1. The molecular formula is C16H23N3O3. The molecule has 0 aliphatic carbocycles. The molecule has 2 rings (SSSR count). The van der Waals surface area contributed by atoms with E-state index >= 15 is 0 Å². The number of rotatable bonds is 5. The molecule has 1 heterocycles. The zero-order valence-electron chi connectivity index (χ0n) is 12.8. The summed E-state index contributed by atoms with van der Waals surface area (Å²) in [4.78, 5) is 25.4. The Kier molecular flexibility index (Phi) is 5.77. The second-order valence-electron chi connectivity index (χ2n) is 5.56. The van der Waals surface area contributed by atoms with E-state index in [1.165, 1.54) is 0 Å². The van der Waals surface area contributed by atoms with Crippen molar-refractivity contribution in [3.05, 3.63) is 35.9 Å². The fourth-order valence-electron chi connectivity index (χ4n) is 2.57. The van der Waals surface area contributed by atoms with Gasteiger partial charge in [-0.15, -0.1) is 0 Å². The quantitative estimate of drug-likeness (QED) is 0.857. The minimum absolute atomic E-state index is 0.00257. The van der Waals surface area contributed by atoms with Gasteiger partial charge in [0.1, 0.15) is 6.61 Å². The van der Waals surface area contributed by atoms with Crippen molar-refractivity contribution in [1.29, 1.82) is 0 Å². The third-order valence-electron chi connectivity index (χ3n) is 3.74. The molecule has 1 aliphatic rings. The van der Waals surface area contributed by atoms with Gasteiger partial charge in [-0.25, -0.2) is 4.79 Å². The lowest BCUT2D eigenvalue weighted by atomic mass is 10.2. The maximum Gasteiger partial charge on any atom is 0.407 e. The molecule has 2 amide bonds. The van der Waals surface area contributed by atoms with Crippen LogP contribution in [0.3, 0.4) is 0 Å². The van der Waals surface area contributed by atoms with Crippen molar-refractivity contribution < 1.29 is 14.3 Å². The Morgan fingerprint density at radius 3 is 2.82 bits per heavy atom. The topological polar surface area (TPSA) is 84.7 Å². The Morgan fingerprint density at radius 2 is 2.14 bits per heavy atom. The molecule has 2 atom stereocenters. The Balaban J connectivity index is 1.74. The molecule has 22 heavy (non-hydrogen) atoms. The van der Waals surface area contributed by atoms with Crippen molar-refractivity contribution in [2.24, 2.45) is 5.73 Å². The molecule has 1 aromatic rings. The van der Waals surface area contributed by atoms with Crippen LogP contribution in [-0.4, -0.2) is 42.1 Å². The Labute approximate surface area is 130 Å². The number of carbonyl (C=O) groups is 2. The van der Waals surface area contributed by atoms with E-state index in [0.29, 0.717) is 13.1 Å². The van der Waals surface area contributed by atoms with E-state index < -0.39 is 12.1 Å². The number of ether oxygens (including phenoxy) is 1. The van der Waals surface area contributed by atoms with Crippen molar-refractivity contribution in [3.8, 4) is 0 Å². The van der Waals surface area contributed by atoms with Gasteiger partial charge in [0, 0.05) is 19.1 Å². The van der Waals surface area contributed by atoms with E-state index in [4.69, 9.17) is 10.5 Å². The highest BCUT2D eigenvalue weighted by molar-refractivity contribution is 5.81. The van der Waals surface area contributed by atoms with E-state index in [-0.39, 0.29) is 18.6 Å². The molecule has 1 aliphatic heterocycles. The molecule has 1 saturated heterocycles. The lowest BCUT2D eigenvalue weighted by Crippen LogP contribution is -2.48. The molecule has 120 valence electrons. The summed E-state index contributed by atoms with van der Waals surface area (Å²) in [5.41, 5.74) is 6.58. The molecular weight excluding hydrogens is 282 g/mol. The summed E-state index contributed by atoms with van der Waals surface area (Å²) in [6.45, 7) is 3.01. The molecule has 0 unspecified atom stereocenters. The maximum atomic E-state index is 12.0. The minimum Gasteiger partial charge on any atom is -0.445 e. The monoisotopic (exact) mass is 305 g/mol. The van der Waals surface area contributed by atoms with E-state index in [9.17, 15) is 9.59 Å². The first-order chi connectivity index (χ1) is 10.6. The fourth-order valence-corrected chi connectivity index (χ4v) is 2.57. The zero-order chi connectivity index (χ0) is 15.9. The van der Waals surface area contributed by atoms with Crippen LogP contribution in [0.25, 0.3) is 0 Å². The molecule has 0 saturated carbocycles. The predicted octanol–water partition coefficient (Wildman–Crippen LogP) is 1.25. The molecule has 0 aromatic heterocycles. The number of nitrogens with two attached hydrogens (primary N) is 1. The number of amides is 2. The summed E-state index contributed by atoms with van der Waals surface area (Å²) in [5.74, 6) is -0.0676. The normalized spacial score (nSPS) is 18.8. The van der Waals surface area contributed by atoms with E-state index in [1.807, 2.05) is 30.3 Å². The molecule has 6 nitrogen and oxygen atoms in total. The summed E-state index contributed by atoms with van der Waals surface area (Å²) in [6, 6.07) is 8.99. The highest BCUT2D eigenvalue weighted by Gasteiger charge is 2.30. The highest BCUT2D eigenvalue weighted by Crippen LogP contribution is 2.17. The summed E-state index contributed by atoms with van der Waals surface area (Å²) in [5, 5.41) is 2.72. The number of nitrogens with one attached hydrogen (secondary N) is 1. The van der Waals surface area contributed by atoms with Crippen molar-refractivity contribution in [2.75, 3.05) is 13.1 Å². The molecule has 3 N–H and O–H groups in total. The van der Waals surface area contributed by atoms with Gasteiger partial charge in [-0.1, -0.05) is 30.3 Å². The first-order valence-corrected chi connectivity index (χ1v) is 7.58. The average Bonchev–Trinajstić information content (AvgIpc) is 2.99. The van der Waals surface area contributed by atoms with Gasteiger partial charge in [0.05, 0.1) is 6.04 Å². The summed E-state index contributed by atoms with van der Waals surface area (Å²) < 4.78 is 5.15. The zero-order valence-corrected chi connectivity index (χ0v) is 12.8. The van der Waals surface area contributed by atoms with Crippen molar-refractivity contribution in [1.82, 2.24) is 10.2 Å². The van der Waals surface area contributed by atoms with Gasteiger partial charge in [0.2, 0.25) is 5.91 Å². The number of hydrogen-bond acceptors (Lipinski definition) is 4. The van der Waals surface area contributed by atoms with E-state index in [0.717, 1.165) is 18.4 Å². The SMILES string of the molecule is C[C@H](N)C(=O)N1CCC[C@H]1CNC(=O)OCc1ccccc1. The molecule has 1 fully saturated rings. The summed E-state index contributed by atoms with van der Waals surface area (Å²) in [7, 11) is 0. The van der Waals surface area contributed by atoms with Gasteiger partial charge in [-0.2, -0.15) is 0 Å². The van der Waals surface area contributed by atoms with Crippen LogP contribution in [0.4, 0.5) is 4.79 Å². The predicted molar refractivity (Wildman–Crippen MR) is 83.0 cm³/mol. The van der Waals surface area contributed by atoms with Crippen LogP contribution >= 0.6 is 0 Å². The third-order valence-corrected chi connectivity index (χ3v) is 3.74. The van der Waals surface area contributed by atoms with Crippen LogP contribution in [-0.2, 0) is 16.1 Å². The maximum absolute atomic E-state index is 12.0. The van der Waals surface area contributed by atoms with Gasteiger partial charge >= 0.3 is 6.09 Å². The molecule has 0 radical (unpaired) electrons. The second kappa shape index (κ2) is 7.79. The van der Waals surface area contributed by atoms with E-state index in [1.54, 1.807) is 11.8 Å². The number of likely N-dealkylation sites (tertiary alicyclic amines) is 1. The van der Waals surface area contributed by atoms with Crippen molar-refractivity contribution in [3.63, 3.8) is 0 Å². The first kappa shape index (κ1) is 16.3. The largest absolute Gasteiger partial charge is 0.445 e. The summed E-state index contributed by atoms with van der Waals surface area (Å²) in [6.07, 6.45) is 1.34. The minimum atomic E-state index is -0.509. The van der Waals surface area contributed by atoms with E-state index in [2.05, 4.69) is 5.32 Å². The van der Waals surface area contributed by atoms with Crippen LogP contribution in [0.2, 0.25) is 0 Å². The number of alkyl carbamates (subject to hydrolysis) is 1. The Morgan fingerprint density at radius 1 is 1.41 bits per heavy atom. The van der Waals surface area contributed by atoms with Gasteiger partial charge in [-0.05, 0) is 25.3 Å². The van der Waals surface area contributed by atoms with Gasteiger partial charge < -0.3 is 20.7 Å². The standard InChI is InChI=1S/C16H23N3O3/c1-12(17)15(20)19-9-5-8-14(19)10-18-16(21)22-11-13-6-3-2-4-7-13/h2-4,6-7,12,14H,5,8-11,17H2,1H3,(H,18,21)/t12-,14-/m0/s1. The molecule has 6 heteroatoms. The molecule has 1 aromatic carbocycles. The van der Waals surface area contributed by atoms with Crippen molar-refractivity contribution >= 4 is 12.0 Å². The lowest BCUT2D eigenvalue weighted by molar-refractivity contribution is -0.132. The first-order valence-electron chi connectivity index (χ1n) is 7.58. The average molecular weight is 305 g/mol. The number of hydrogen-bond donors (Lipinski definition) is 2. The number of carbonyl (C=O) groups excluding carboxylic acids is 2. The fraction of sp³-hybridized carbons (Fsp3) is 0.500.